The first-order valence-corrected chi connectivity index (χ1v) is 6.50. The summed E-state index contributed by atoms with van der Waals surface area (Å²) in [6.45, 7) is 3.30. The number of nitro groups is 1. The summed E-state index contributed by atoms with van der Waals surface area (Å²) in [6.07, 6.45) is 0. The minimum absolute atomic E-state index is 0.578. The van der Waals surface area contributed by atoms with Crippen LogP contribution in [0.5, 0.6) is 0 Å². The topological polar surface area (TPSA) is 78.7 Å². The van der Waals surface area contributed by atoms with Gasteiger partial charge in [0.1, 0.15) is 0 Å². The highest BCUT2D eigenvalue weighted by molar-refractivity contribution is 5.91. The first-order chi connectivity index (χ1) is 9.54. The summed E-state index contributed by atoms with van der Waals surface area (Å²) >= 11 is 0. The second kappa shape index (κ2) is 6.33. The number of likely N-dealkylation sites (N-methyl/N-ethyl adjacent to an activating group) is 1. The fraction of sp³-hybridized carbons (Fsp3) is 0.462. The highest BCUT2D eigenvalue weighted by Crippen LogP contribution is 2.19. The zero-order valence-corrected chi connectivity index (χ0v) is 11.4. The Bertz CT molecular complexity index is 481. The largest absolute Gasteiger partial charge is 0.369 e. The van der Waals surface area contributed by atoms with Gasteiger partial charge < -0.3 is 15.1 Å². The molecule has 0 saturated carbocycles. The molecule has 2 rings (SSSR count). The van der Waals surface area contributed by atoms with E-state index in [0.717, 1.165) is 31.9 Å². The number of hydrogen-bond donors (Lipinski definition) is 1. The van der Waals surface area contributed by atoms with Crippen molar-refractivity contribution in [3.63, 3.8) is 0 Å². The molecule has 1 heterocycles. The highest BCUT2D eigenvalue weighted by atomic mass is 16.6. The van der Waals surface area contributed by atoms with Crippen LogP contribution in [0.1, 0.15) is 0 Å². The summed E-state index contributed by atoms with van der Waals surface area (Å²) in [4.78, 5) is 25.4. The van der Waals surface area contributed by atoms with Crippen molar-refractivity contribution in [3.05, 3.63) is 34.4 Å². The van der Waals surface area contributed by atoms with E-state index in [2.05, 4.69) is 22.2 Å². The van der Waals surface area contributed by atoms with Crippen molar-refractivity contribution in [2.75, 3.05) is 50.0 Å². The van der Waals surface area contributed by atoms with E-state index in [1.54, 1.807) is 12.1 Å². The van der Waals surface area contributed by atoms with Gasteiger partial charge in [-0.1, -0.05) is 0 Å². The summed E-state index contributed by atoms with van der Waals surface area (Å²) in [5, 5.41) is 12.7. The molecule has 0 bridgehead atoms. The van der Waals surface area contributed by atoms with Crippen LogP contribution in [0.4, 0.5) is 11.4 Å². The smallest absolute Gasteiger partial charge is 0.296 e. The zero-order chi connectivity index (χ0) is 14.5. The number of benzene rings is 1. The molecular weight excluding hydrogens is 260 g/mol. The quantitative estimate of drug-likeness (QED) is 0.646. The zero-order valence-electron chi connectivity index (χ0n) is 11.4. The van der Waals surface area contributed by atoms with Crippen LogP contribution in [0.15, 0.2) is 24.3 Å². The van der Waals surface area contributed by atoms with Gasteiger partial charge >= 0.3 is 0 Å². The minimum Gasteiger partial charge on any atom is -0.369 e. The fourth-order valence-corrected chi connectivity index (χ4v) is 2.14. The molecule has 0 spiro atoms. The van der Waals surface area contributed by atoms with Crippen LogP contribution in [-0.4, -0.2) is 55.5 Å². The number of carbonyl (C=O) groups is 1. The van der Waals surface area contributed by atoms with Crippen LogP contribution in [-0.2, 0) is 4.79 Å². The lowest BCUT2D eigenvalue weighted by Gasteiger charge is -2.34. The van der Waals surface area contributed by atoms with Crippen LogP contribution >= 0.6 is 0 Å². The maximum atomic E-state index is 11.3. The summed E-state index contributed by atoms with van der Waals surface area (Å²) in [5.41, 5.74) is 1.68. The van der Waals surface area contributed by atoms with E-state index in [0.29, 0.717) is 5.69 Å². The summed E-state index contributed by atoms with van der Waals surface area (Å²) in [6, 6.07) is 7.39. The van der Waals surface area contributed by atoms with E-state index >= 15 is 0 Å². The summed E-state index contributed by atoms with van der Waals surface area (Å²) in [5.74, 6) is -0.609. The van der Waals surface area contributed by atoms with Crippen molar-refractivity contribution < 1.29 is 9.72 Å². The minimum atomic E-state index is -0.708. The predicted molar refractivity (Wildman–Crippen MR) is 76.6 cm³/mol. The number of anilines is 2. The number of rotatable bonds is 4. The Morgan fingerprint density at radius 3 is 2.40 bits per heavy atom. The number of nitrogens with one attached hydrogen (secondary N) is 1. The maximum Gasteiger partial charge on any atom is 0.296 e. The number of carbonyl (C=O) groups excluding carboxylic acids is 1. The third-order valence-electron chi connectivity index (χ3n) is 3.29. The average Bonchev–Trinajstić information content (AvgIpc) is 2.39. The van der Waals surface area contributed by atoms with Crippen LogP contribution < -0.4 is 10.2 Å². The normalized spacial score (nSPS) is 15.9. The van der Waals surface area contributed by atoms with Gasteiger partial charge in [0.15, 0.2) is 0 Å². The first-order valence-electron chi connectivity index (χ1n) is 6.50. The molecular formula is C13H18N4O3. The Morgan fingerprint density at radius 2 is 1.85 bits per heavy atom. The van der Waals surface area contributed by atoms with E-state index in [9.17, 15) is 14.9 Å². The molecule has 1 fully saturated rings. The third-order valence-corrected chi connectivity index (χ3v) is 3.29. The van der Waals surface area contributed by atoms with E-state index in [-0.39, 0.29) is 0 Å². The van der Waals surface area contributed by atoms with E-state index in [1.165, 1.54) is 0 Å². The van der Waals surface area contributed by atoms with Crippen molar-refractivity contribution in [2.24, 2.45) is 0 Å². The maximum absolute atomic E-state index is 11.3. The molecule has 1 N–H and O–H groups in total. The van der Waals surface area contributed by atoms with E-state index < -0.39 is 17.4 Å². The molecule has 7 nitrogen and oxygen atoms in total. The van der Waals surface area contributed by atoms with Crippen molar-refractivity contribution >= 4 is 17.3 Å². The van der Waals surface area contributed by atoms with Gasteiger partial charge in [-0.2, -0.15) is 0 Å². The second-order valence-corrected chi connectivity index (χ2v) is 4.88. The third kappa shape index (κ3) is 3.92. The Balaban J connectivity index is 1.92. The molecule has 0 aliphatic carbocycles. The second-order valence-electron chi connectivity index (χ2n) is 4.88. The number of piperazine rings is 1. The van der Waals surface area contributed by atoms with E-state index in [1.807, 2.05) is 12.1 Å². The van der Waals surface area contributed by atoms with Gasteiger partial charge in [0.05, 0.1) is 0 Å². The summed E-state index contributed by atoms with van der Waals surface area (Å²) < 4.78 is 0. The Labute approximate surface area is 117 Å². The molecule has 0 radical (unpaired) electrons. The average molecular weight is 278 g/mol. The molecule has 1 aromatic rings. The lowest BCUT2D eigenvalue weighted by atomic mass is 10.2. The molecule has 7 heteroatoms. The van der Waals surface area contributed by atoms with Crippen molar-refractivity contribution in [1.29, 1.82) is 0 Å². The van der Waals surface area contributed by atoms with Crippen LogP contribution in [0, 0.1) is 10.1 Å². The van der Waals surface area contributed by atoms with Crippen molar-refractivity contribution in [3.8, 4) is 0 Å². The van der Waals surface area contributed by atoms with Gasteiger partial charge in [-0.05, 0) is 31.3 Å². The number of amides is 1. The molecule has 1 amide bonds. The molecule has 1 aliphatic heterocycles. The van der Waals surface area contributed by atoms with Gasteiger partial charge in [0.25, 0.3) is 12.5 Å². The number of hydrogen-bond acceptors (Lipinski definition) is 5. The lowest BCUT2D eigenvalue weighted by Crippen LogP contribution is -2.44. The first kappa shape index (κ1) is 14.3. The molecule has 20 heavy (non-hydrogen) atoms. The molecule has 1 aromatic carbocycles. The predicted octanol–water partition coefficient (Wildman–Crippen LogP) is 0.654. The van der Waals surface area contributed by atoms with Crippen molar-refractivity contribution in [2.45, 2.75) is 0 Å². The Hall–Kier alpha value is -2.15. The molecule has 108 valence electrons. The van der Waals surface area contributed by atoms with Crippen LogP contribution in [0.3, 0.4) is 0 Å². The Kier molecular flexibility index (Phi) is 4.52. The fourth-order valence-electron chi connectivity index (χ4n) is 2.14. The highest BCUT2D eigenvalue weighted by Gasteiger charge is 2.14. The van der Waals surface area contributed by atoms with E-state index in [4.69, 9.17) is 0 Å². The van der Waals surface area contributed by atoms with Crippen LogP contribution in [0.25, 0.3) is 0 Å². The van der Waals surface area contributed by atoms with Gasteiger partial charge in [-0.25, -0.2) is 0 Å². The summed E-state index contributed by atoms with van der Waals surface area (Å²) in [7, 11) is 2.10. The molecule has 0 atom stereocenters. The molecule has 1 saturated heterocycles. The van der Waals surface area contributed by atoms with Crippen molar-refractivity contribution in [1.82, 2.24) is 4.90 Å². The molecule has 0 aromatic heterocycles. The SMILES string of the molecule is CN1CCN(c2ccc(NC(=O)C[N+](=O)[O-])cc2)CC1. The molecule has 1 aliphatic rings. The lowest BCUT2D eigenvalue weighted by molar-refractivity contribution is -0.467. The number of nitrogens with zero attached hydrogens (tertiary/aromatic N) is 3. The van der Waals surface area contributed by atoms with Gasteiger partial charge in [0.2, 0.25) is 0 Å². The standard InChI is InChI=1S/C13H18N4O3/c1-15-6-8-16(9-7-15)12-4-2-11(3-5-12)14-13(18)10-17(19)20/h2-5H,6-10H2,1H3,(H,14,18). The van der Waals surface area contributed by atoms with Gasteiger partial charge in [0, 0.05) is 42.5 Å². The molecule has 0 unspecified atom stereocenters. The monoisotopic (exact) mass is 278 g/mol. The van der Waals surface area contributed by atoms with Gasteiger partial charge in [-0.15, -0.1) is 0 Å². The van der Waals surface area contributed by atoms with Crippen LogP contribution in [0.2, 0.25) is 0 Å². The Morgan fingerprint density at radius 1 is 1.25 bits per heavy atom. The van der Waals surface area contributed by atoms with Gasteiger partial charge in [-0.3, -0.25) is 14.9 Å².